The number of thiocarbonyl (C=S) groups is 1. The molecular weight excluding hydrogens is 280 g/mol. The lowest BCUT2D eigenvalue weighted by molar-refractivity contribution is 0.0940. The Bertz CT molecular complexity index is 623. The lowest BCUT2D eigenvalue weighted by Crippen LogP contribution is -2.34. The van der Waals surface area contributed by atoms with Gasteiger partial charge in [-0.05, 0) is 31.0 Å². The number of carbonyl (C=O) groups excluding carboxylic acids is 1. The molecule has 3 N–H and O–H groups in total. The highest BCUT2D eigenvalue weighted by Crippen LogP contribution is 2.07. The molecule has 1 unspecified atom stereocenters. The molecule has 3 nitrogen and oxygen atoms in total. The Labute approximate surface area is 130 Å². The average molecular weight is 298 g/mol. The van der Waals surface area contributed by atoms with Gasteiger partial charge < -0.3 is 11.1 Å². The van der Waals surface area contributed by atoms with Gasteiger partial charge in [0.25, 0.3) is 5.91 Å². The molecule has 1 atom stereocenters. The molecule has 108 valence electrons. The van der Waals surface area contributed by atoms with Crippen LogP contribution < -0.4 is 11.1 Å². The van der Waals surface area contributed by atoms with Gasteiger partial charge in [0.15, 0.2) is 0 Å². The number of rotatable bonds is 5. The maximum atomic E-state index is 12.2. The van der Waals surface area contributed by atoms with Gasteiger partial charge in [-0.1, -0.05) is 54.7 Å². The zero-order chi connectivity index (χ0) is 15.2. The minimum Gasteiger partial charge on any atom is -0.389 e. The highest BCUT2D eigenvalue weighted by molar-refractivity contribution is 7.80. The Morgan fingerprint density at radius 2 is 1.67 bits per heavy atom. The molecular formula is C17H18N2OS. The lowest BCUT2D eigenvalue weighted by atomic mass is 10.1. The molecule has 0 aliphatic heterocycles. The van der Waals surface area contributed by atoms with E-state index < -0.39 is 0 Å². The molecule has 0 aromatic heterocycles. The van der Waals surface area contributed by atoms with Crippen molar-refractivity contribution in [3.8, 4) is 0 Å². The van der Waals surface area contributed by atoms with Crippen molar-refractivity contribution >= 4 is 23.1 Å². The van der Waals surface area contributed by atoms with Crippen LogP contribution in [-0.4, -0.2) is 16.9 Å². The SMILES string of the molecule is CC(Cc1ccccc1)NC(=O)c1ccc(C(N)=S)cc1. The number of amides is 1. The Hall–Kier alpha value is -2.20. The average Bonchev–Trinajstić information content (AvgIpc) is 2.48. The van der Waals surface area contributed by atoms with Gasteiger partial charge >= 0.3 is 0 Å². The first-order valence-electron chi connectivity index (χ1n) is 6.81. The van der Waals surface area contributed by atoms with Crippen LogP contribution in [0.15, 0.2) is 54.6 Å². The van der Waals surface area contributed by atoms with Crippen LogP contribution in [0.1, 0.15) is 28.4 Å². The predicted octanol–water partition coefficient (Wildman–Crippen LogP) is 2.68. The third kappa shape index (κ3) is 4.39. The summed E-state index contributed by atoms with van der Waals surface area (Å²) in [7, 11) is 0. The molecule has 21 heavy (non-hydrogen) atoms. The molecule has 0 fully saturated rings. The molecule has 1 amide bonds. The zero-order valence-corrected chi connectivity index (χ0v) is 12.7. The van der Waals surface area contributed by atoms with Crippen LogP contribution in [-0.2, 0) is 6.42 Å². The number of benzene rings is 2. The second-order valence-electron chi connectivity index (χ2n) is 5.01. The summed E-state index contributed by atoms with van der Waals surface area (Å²) < 4.78 is 0. The topological polar surface area (TPSA) is 55.1 Å². The van der Waals surface area contributed by atoms with Crippen LogP contribution in [0.2, 0.25) is 0 Å². The minimum absolute atomic E-state index is 0.0650. The van der Waals surface area contributed by atoms with Gasteiger partial charge in [0.05, 0.1) is 0 Å². The Morgan fingerprint density at radius 3 is 2.24 bits per heavy atom. The fourth-order valence-electron chi connectivity index (χ4n) is 2.11. The lowest BCUT2D eigenvalue weighted by Gasteiger charge is -2.14. The highest BCUT2D eigenvalue weighted by atomic mass is 32.1. The molecule has 0 aliphatic rings. The summed E-state index contributed by atoms with van der Waals surface area (Å²) in [5.41, 5.74) is 8.11. The predicted molar refractivity (Wildman–Crippen MR) is 89.4 cm³/mol. The van der Waals surface area contributed by atoms with Gasteiger partial charge in [-0.2, -0.15) is 0 Å². The van der Waals surface area contributed by atoms with Crippen molar-refractivity contribution in [1.82, 2.24) is 5.32 Å². The van der Waals surface area contributed by atoms with Crippen LogP contribution >= 0.6 is 12.2 Å². The van der Waals surface area contributed by atoms with E-state index in [1.54, 1.807) is 24.3 Å². The fraction of sp³-hybridized carbons (Fsp3) is 0.176. The number of nitrogens with two attached hydrogens (primary N) is 1. The maximum Gasteiger partial charge on any atom is 0.251 e. The first-order valence-corrected chi connectivity index (χ1v) is 7.22. The van der Waals surface area contributed by atoms with E-state index in [9.17, 15) is 4.79 Å². The molecule has 0 saturated carbocycles. The Kier molecular flexibility index (Phi) is 5.06. The van der Waals surface area contributed by atoms with E-state index in [0.717, 1.165) is 12.0 Å². The van der Waals surface area contributed by atoms with Crippen LogP contribution in [0.5, 0.6) is 0 Å². The van der Waals surface area contributed by atoms with E-state index >= 15 is 0 Å². The molecule has 0 radical (unpaired) electrons. The fourth-order valence-corrected chi connectivity index (χ4v) is 2.25. The van der Waals surface area contributed by atoms with Crippen molar-refractivity contribution < 1.29 is 4.79 Å². The monoisotopic (exact) mass is 298 g/mol. The summed E-state index contributed by atoms with van der Waals surface area (Å²) in [4.78, 5) is 12.5. The number of hydrogen-bond donors (Lipinski definition) is 2. The second-order valence-corrected chi connectivity index (χ2v) is 5.45. The third-order valence-electron chi connectivity index (χ3n) is 3.19. The van der Waals surface area contributed by atoms with E-state index in [2.05, 4.69) is 17.4 Å². The van der Waals surface area contributed by atoms with Crippen molar-refractivity contribution in [3.63, 3.8) is 0 Å². The van der Waals surface area contributed by atoms with Crippen molar-refractivity contribution in [2.75, 3.05) is 0 Å². The quantitative estimate of drug-likeness (QED) is 0.835. The minimum atomic E-state index is -0.0899. The van der Waals surface area contributed by atoms with Gasteiger partial charge in [0.1, 0.15) is 4.99 Å². The largest absolute Gasteiger partial charge is 0.389 e. The number of hydrogen-bond acceptors (Lipinski definition) is 2. The van der Waals surface area contributed by atoms with E-state index in [0.29, 0.717) is 10.6 Å². The van der Waals surface area contributed by atoms with Crippen molar-refractivity contribution in [1.29, 1.82) is 0 Å². The molecule has 0 aliphatic carbocycles. The van der Waals surface area contributed by atoms with Gasteiger partial charge in [-0.3, -0.25) is 4.79 Å². The van der Waals surface area contributed by atoms with Crippen molar-refractivity contribution in [2.24, 2.45) is 5.73 Å². The molecule has 0 saturated heterocycles. The summed E-state index contributed by atoms with van der Waals surface area (Å²) in [5.74, 6) is -0.0899. The molecule has 2 aromatic carbocycles. The molecule has 0 heterocycles. The van der Waals surface area contributed by atoms with Crippen molar-refractivity contribution in [2.45, 2.75) is 19.4 Å². The standard InChI is InChI=1S/C17H18N2OS/c1-12(11-13-5-3-2-4-6-13)19-17(20)15-9-7-14(8-10-15)16(18)21/h2-10,12H,11H2,1H3,(H2,18,21)(H,19,20). The van der Waals surface area contributed by atoms with Gasteiger partial charge in [-0.25, -0.2) is 0 Å². The summed E-state index contributed by atoms with van der Waals surface area (Å²) in [6.45, 7) is 1.99. The molecule has 4 heteroatoms. The number of nitrogens with one attached hydrogen (secondary N) is 1. The van der Waals surface area contributed by atoms with Crippen LogP contribution in [0.4, 0.5) is 0 Å². The summed E-state index contributed by atoms with van der Waals surface area (Å²) in [5, 5.41) is 2.99. The Balaban J connectivity index is 1.96. The maximum absolute atomic E-state index is 12.2. The van der Waals surface area contributed by atoms with E-state index in [1.807, 2.05) is 25.1 Å². The van der Waals surface area contributed by atoms with E-state index in [-0.39, 0.29) is 11.9 Å². The van der Waals surface area contributed by atoms with Crippen LogP contribution in [0.25, 0.3) is 0 Å². The van der Waals surface area contributed by atoms with Crippen LogP contribution in [0.3, 0.4) is 0 Å². The summed E-state index contributed by atoms with van der Waals surface area (Å²) in [6, 6.07) is 17.2. The van der Waals surface area contributed by atoms with E-state index in [4.69, 9.17) is 18.0 Å². The zero-order valence-electron chi connectivity index (χ0n) is 11.9. The normalized spacial score (nSPS) is 11.7. The molecule has 2 rings (SSSR count). The highest BCUT2D eigenvalue weighted by Gasteiger charge is 2.10. The Morgan fingerprint density at radius 1 is 1.10 bits per heavy atom. The summed E-state index contributed by atoms with van der Waals surface area (Å²) >= 11 is 4.89. The van der Waals surface area contributed by atoms with Gasteiger partial charge in [-0.15, -0.1) is 0 Å². The molecule has 0 spiro atoms. The molecule has 2 aromatic rings. The van der Waals surface area contributed by atoms with Crippen molar-refractivity contribution in [3.05, 3.63) is 71.3 Å². The first-order chi connectivity index (χ1) is 10.1. The first kappa shape index (κ1) is 15.2. The smallest absolute Gasteiger partial charge is 0.251 e. The van der Waals surface area contributed by atoms with Gasteiger partial charge in [0, 0.05) is 17.2 Å². The number of carbonyl (C=O) groups is 1. The van der Waals surface area contributed by atoms with Gasteiger partial charge in [0.2, 0.25) is 0 Å². The third-order valence-corrected chi connectivity index (χ3v) is 3.43. The van der Waals surface area contributed by atoms with E-state index in [1.165, 1.54) is 5.56 Å². The molecule has 0 bridgehead atoms. The summed E-state index contributed by atoms with van der Waals surface area (Å²) in [6.07, 6.45) is 0.803. The van der Waals surface area contributed by atoms with Crippen LogP contribution in [0, 0.1) is 0 Å². The second kappa shape index (κ2) is 6.99.